The van der Waals surface area contributed by atoms with Crippen LogP contribution in [0.2, 0.25) is 0 Å². The highest BCUT2D eigenvalue weighted by molar-refractivity contribution is 5.39. The highest BCUT2D eigenvalue weighted by Crippen LogP contribution is 2.29. The van der Waals surface area contributed by atoms with Gasteiger partial charge in [-0.05, 0) is 25.0 Å². The average Bonchev–Trinajstić information content (AvgIpc) is 2.64. The number of nitrogens with zero attached hydrogens (tertiary/aromatic N) is 2. The first-order valence-corrected chi connectivity index (χ1v) is 6.15. The van der Waals surface area contributed by atoms with Crippen LogP contribution in [0, 0.1) is 6.92 Å². The third kappa shape index (κ3) is 2.24. The molecule has 0 spiro atoms. The zero-order valence-electron chi connectivity index (χ0n) is 11.1. The molecule has 1 heterocycles. The van der Waals surface area contributed by atoms with Crippen molar-refractivity contribution in [3.8, 4) is 11.6 Å². The zero-order chi connectivity index (χ0) is 13.1. The molecule has 0 radical (unpaired) electrons. The van der Waals surface area contributed by atoms with E-state index >= 15 is 0 Å². The summed E-state index contributed by atoms with van der Waals surface area (Å²) in [4.78, 5) is 0. The number of ether oxygens (including phenoxy) is 1. The van der Waals surface area contributed by atoms with E-state index in [1.54, 1.807) is 4.68 Å². The fraction of sp³-hybridized carbons (Fsp3) is 0.357. The van der Waals surface area contributed by atoms with E-state index < -0.39 is 0 Å². The van der Waals surface area contributed by atoms with Crippen LogP contribution in [0.15, 0.2) is 24.3 Å². The molecule has 0 fully saturated rings. The topological polar surface area (TPSA) is 53.1 Å². The predicted octanol–water partition coefficient (Wildman–Crippen LogP) is 2.54. The van der Waals surface area contributed by atoms with Crippen molar-refractivity contribution >= 4 is 0 Å². The molecule has 0 aliphatic rings. The lowest BCUT2D eigenvalue weighted by atomic mass is 10.1. The Labute approximate surface area is 107 Å². The summed E-state index contributed by atoms with van der Waals surface area (Å²) in [6, 6.07) is 8.03. The van der Waals surface area contributed by atoms with E-state index in [4.69, 9.17) is 10.5 Å². The molecular weight excluding hydrogens is 226 g/mol. The van der Waals surface area contributed by atoms with E-state index in [0.717, 1.165) is 29.3 Å². The molecular formula is C14H19N3O. The Balaban J connectivity index is 2.39. The normalized spacial score (nSPS) is 10.7. The summed E-state index contributed by atoms with van der Waals surface area (Å²) in [5.74, 6) is 1.61. The SMILES string of the molecule is CCc1ccccc1Oc1c(CN)c(C)nn1C. The molecule has 2 aromatic rings. The summed E-state index contributed by atoms with van der Waals surface area (Å²) < 4.78 is 7.73. The molecule has 4 nitrogen and oxygen atoms in total. The van der Waals surface area contributed by atoms with Crippen LogP contribution < -0.4 is 10.5 Å². The molecule has 0 bridgehead atoms. The largest absolute Gasteiger partial charge is 0.439 e. The van der Waals surface area contributed by atoms with Crippen molar-refractivity contribution in [2.24, 2.45) is 12.8 Å². The first-order valence-electron chi connectivity index (χ1n) is 6.15. The van der Waals surface area contributed by atoms with E-state index in [1.165, 1.54) is 5.56 Å². The lowest BCUT2D eigenvalue weighted by Gasteiger charge is -2.11. The molecule has 1 aromatic carbocycles. The number of aromatic nitrogens is 2. The van der Waals surface area contributed by atoms with E-state index in [0.29, 0.717) is 6.54 Å². The number of benzene rings is 1. The van der Waals surface area contributed by atoms with Crippen LogP contribution in [0.1, 0.15) is 23.7 Å². The van der Waals surface area contributed by atoms with Gasteiger partial charge in [0.1, 0.15) is 5.75 Å². The second kappa shape index (κ2) is 5.23. The minimum Gasteiger partial charge on any atom is -0.439 e. The average molecular weight is 245 g/mol. The van der Waals surface area contributed by atoms with Crippen LogP contribution in [-0.2, 0) is 20.0 Å². The van der Waals surface area contributed by atoms with Crippen molar-refractivity contribution in [1.82, 2.24) is 9.78 Å². The lowest BCUT2D eigenvalue weighted by molar-refractivity contribution is 0.422. The maximum Gasteiger partial charge on any atom is 0.222 e. The number of hydrogen-bond acceptors (Lipinski definition) is 3. The molecule has 0 unspecified atom stereocenters. The van der Waals surface area contributed by atoms with Crippen molar-refractivity contribution in [3.63, 3.8) is 0 Å². The molecule has 0 atom stereocenters. The van der Waals surface area contributed by atoms with Gasteiger partial charge in [0.2, 0.25) is 5.88 Å². The molecule has 0 amide bonds. The van der Waals surface area contributed by atoms with Crippen LogP contribution in [-0.4, -0.2) is 9.78 Å². The summed E-state index contributed by atoms with van der Waals surface area (Å²) in [5.41, 5.74) is 8.82. The minimum atomic E-state index is 0.434. The lowest BCUT2D eigenvalue weighted by Crippen LogP contribution is -2.02. The highest BCUT2D eigenvalue weighted by atomic mass is 16.5. The number of para-hydroxylation sites is 1. The third-order valence-corrected chi connectivity index (χ3v) is 3.05. The molecule has 96 valence electrons. The second-order valence-electron chi connectivity index (χ2n) is 4.26. The summed E-state index contributed by atoms with van der Waals surface area (Å²) in [6.07, 6.45) is 0.935. The Morgan fingerprint density at radius 2 is 2.06 bits per heavy atom. The Kier molecular flexibility index (Phi) is 3.67. The molecule has 0 aliphatic carbocycles. The molecule has 0 saturated carbocycles. The van der Waals surface area contributed by atoms with E-state index in [-0.39, 0.29) is 0 Å². The van der Waals surface area contributed by atoms with E-state index in [1.807, 2.05) is 32.2 Å². The quantitative estimate of drug-likeness (QED) is 0.900. The van der Waals surface area contributed by atoms with Crippen LogP contribution in [0.25, 0.3) is 0 Å². The predicted molar refractivity (Wildman–Crippen MR) is 71.7 cm³/mol. The van der Waals surface area contributed by atoms with Crippen LogP contribution in [0.3, 0.4) is 0 Å². The van der Waals surface area contributed by atoms with Crippen molar-refractivity contribution < 1.29 is 4.74 Å². The summed E-state index contributed by atoms with van der Waals surface area (Å²) >= 11 is 0. The molecule has 18 heavy (non-hydrogen) atoms. The van der Waals surface area contributed by atoms with Crippen molar-refractivity contribution in [3.05, 3.63) is 41.1 Å². The fourth-order valence-corrected chi connectivity index (χ4v) is 2.04. The summed E-state index contributed by atoms with van der Waals surface area (Å²) in [5, 5.41) is 4.35. The van der Waals surface area contributed by atoms with Gasteiger partial charge in [0.05, 0.1) is 11.3 Å². The maximum atomic E-state index is 5.99. The number of rotatable bonds is 4. The Morgan fingerprint density at radius 3 is 2.72 bits per heavy atom. The number of aryl methyl sites for hydroxylation is 3. The zero-order valence-corrected chi connectivity index (χ0v) is 11.1. The van der Waals surface area contributed by atoms with Crippen LogP contribution in [0.5, 0.6) is 11.6 Å². The van der Waals surface area contributed by atoms with Gasteiger partial charge < -0.3 is 10.5 Å². The van der Waals surface area contributed by atoms with Crippen molar-refractivity contribution in [2.75, 3.05) is 0 Å². The second-order valence-corrected chi connectivity index (χ2v) is 4.26. The van der Waals surface area contributed by atoms with Crippen molar-refractivity contribution in [1.29, 1.82) is 0 Å². The monoisotopic (exact) mass is 245 g/mol. The van der Waals surface area contributed by atoms with Gasteiger partial charge in [-0.1, -0.05) is 25.1 Å². The third-order valence-electron chi connectivity index (χ3n) is 3.05. The Bertz CT molecular complexity index is 546. The smallest absolute Gasteiger partial charge is 0.222 e. The Morgan fingerprint density at radius 1 is 1.33 bits per heavy atom. The van der Waals surface area contributed by atoms with Gasteiger partial charge in [0.25, 0.3) is 0 Å². The fourth-order valence-electron chi connectivity index (χ4n) is 2.04. The van der Waals surface area contributed by atoms with Gasteiger partial charge in [0, 0.05) is 13.6 Å². The number of nitrogens with two attached hydrogens (primary N) is 1. The van der Waals surface area contributed by atoms with Gasteiger partial charge in [-0.15, -0.1) is 0 Å². The van der Waals surface area contributed by atoms with Crippen LogP contribution >= 0.6 is 0 Å². The standard InChI is InChI=1S/C14H19N3O/c1-4-11-7-5-6-8-13(11)18-14-12(9-15)10(2)16-17(14)3/h5-8H,4,9,15H2,1-3H3. The molecule has 4 heteroatoms. The van der Waals surface area contributed by atoms with Gasteiger partial charge >= 0.3 is 0 Å². The van der Waals surface area contributed by atoms with Gasteiger partial charge in [-0.2, -0.15) is 5.10 Å². The maximum absolute atomic E-state index is 5.99. The molecule has 2 N–H and O–H groups in total. The van der Waals surface area contributed by atoms with Crippen molar-refractivity contribution in [2.45, 2.75) is 26.8 Å². The molecule has 2 rings (SSSR count). The first-order chi connectivity index (χ1) is 8.67. The van der Waals surface area contributed by atoms with E-state index in [9.17, 15) is 0 Å². The summed E-state index contributed by atoms with van der Waals surface area (Å²) in [6.45, 7) is 4.49. The van der Waals surface area contributed by atoms with Gasteiger partial charge in [0.15, 0.2) is 0 Å². The molecule has 1 aromatic heterocycles. The summed E-state index contributed by atoms with van der Waals surface area (Å²) in [7, 11) is 1.87. The van der Waals surface area contributed by atoms with Gasteiger partial charge in [-0.3, -0.25) is 0 Å². The molecule has 0 aliphatic heterocycles. The number of hydrogen-bond donors (Lipinski definition) is 1. The first kappa shape index (κ1) is 12.6. The van der Waals surface area contributed by atoms with Crippen LogP contribution in [0.4, 0.5) is 0 Å². The Hall–Kier alpha value is -1.81. The molecule has 0 saturated heterocycles. The van der Waals surface area contributed by atoms with E-state index in [2.05, 4.69) is 18.1 Å². The minimum absolute atomic E-state index is 0.434. The van der Waals surface area contributed by atoms with Gasteiger partial charge in [-0.25, -0.2) is 4.68 Å². The highest BCUT2D eigenvalue weighted by Gasteiger charge is 2.14.